The molecule has 2 heterocycles. The lowest BCUT2D eigenvalue weighted by Gasteiger charge is -2.05. The molecule has 0 fully saturated rings. The minimum atomic E-state index is -0.0539. The third-order valence-corrected chi connectivity index (χ3v) is 6.74. The Labute approximate surface area is 178 Å². The molecule has 2 aromatic heterocycles. The standard InChI is InChI=1S/C22H22N4OS2/c1-14-7-8-15(2)16(9-14)12-28-22-24-17(13-29-22)10-21(27)23-11-20-25-18-5-3-4-6-19(18)26-20/h3-9,13H,10-12H2,1-2H3,(H,23,27)(H,25,26). The summed E-state index contributed by atoms with van der Waals surface area (Å²) in [5.74, 6) is 1.59. The molecule has 0 saturated heterocycles. The van der Waals surface area contributed by atoms with Gasteiger partial charge in [0.05, 0.1) is 29.7 Å². The molecule has 0 bridgehead atoms. The number of imidazole rings is 1. The second kappa shape index (κ2) is 8.80. The van der Waals surface area contributed by atoms with Gasteiger partial charge in [0.25, 0.3) is 0 Å². The number of aromatic nitrogens is 3. The molecular weight excluding hydrogens is 400 g/mol. The van der Waals surface area contributed by atoms with E-state index in [2.05, 4.69) is 52.3 Å². The van der Waals surface area contributed by atoms with Crippen LogP contribution in [0.4, 0.5) is 0 Å². The topological polar surface area (TPSA) is 70.7 Å². The van der Waals surface area contributed by atoms with Crippen LogP contribution in [0.2, 0.25) is 0 Å². The van der Waals surface area contributed by atoms with E-state index in [1.165, 1.54) is 16.7 Å². The molecular formula is C22H22N4OS2. The van der Waals surface area contributed by atoms with Crippen molar-refractivity contribution in [3.8, 4) is 0 Å². The van der Waals surface area contributed by atoms with Crippen LogP contribution in [0.15, 0.2) is 52.2 Å². The summed E-state index contributed by atoms with van der Waals surface area (Å²) in [5, 5.41) is 4.88. The largest absolute Gasteiger partial charge is 0.349 e. The summed E-state index contributed by atoms with van der Waals surface area (Å²) in [5.41, 5.74) is 6.58. The predicted molar refractivity (Wildman–Crippen MR) is 119 cm³/mol. The highest BCUT2D eigenvalue weighted by Crippen LogP contribution is 2.28. The van der Waals surface area contributed by atoms with Gasteiger partial charge in [-0.15, -0.1) is 11.3 Å². The van der Waals surface area contributed by atoms with Crippen molar-refractivity contribution < 1.29 is 4.79 Å². The summed E-state index contributed by atoms with van der Waals surface area (Å²) in [4.78, 5) is 24.6. The van der Waals surface area contributed by atoms with Gasteiger partial charge in [0.15, 0.2) is 0 Å². The van der Waals surface area contributed by atoms with E-state index in [1.54, 1.807) is 23.1 Å². The summed E-state index contributed by atoms with van der Waals surface area (Å²) in [6.45, 7) is 4.62. The van der Waals surface area contributed by atoms with Crippen molar-refractivity contribution >= 4 is 40.0 Å². The van der Waals surface area contributed by atoms with E-state index in [-0.39, 0.29) is 12.3 Å². The third kappa shape index (κ3) is 5.05. The lowest BCUT2D eigenvalue weighted by atomic mass is 10.1. The van der Waals surface area contributed by atoms with Crippen molar-refractivity contribution in [2.75, 3.05) is 0 Å². The highest BCUT2D eigenvalue weighted by Gasteiger charge is 2.10. The van der Waals surface area contributed by atoms with Crippen LogP contribution in [0.5, 0.6) is 0 Å². The summed E-state index contributed by atoms with van der Waals surface area (Å²) in [7, 11) is 0. The van der Waals surface area contributed by atoms with Gasteiger partial charge < -0.3 is 10.3 Å². The number of benzene rings is 2. The lowest BCUT2D eigenvalue weighted by molar-refractivity contribution is -0.120. The van der Waals surface area contributed by atoms with Gasteiger partial charge in [-0.3, -0.25) is 4.79 Å². The molecule has 0 spiro atoms. The van der Waals surface area contributed by atoms with Crippen LogP contribution in [0.25, 0.3) is 11.0 Å². The van der Waals surface area contributed by atoms with E-state index in [1.807, 2.05) is 29.6 Å². The maximum atomic E-state index is 12.3. The van der Waals surface area contributed by atoms with Gasteiger partial charge in [-0.2, -0.15) is 0 Å². The fraction of sp³-hybridized carbons (Fsp3) is 0.227. The Morgan fingerprint density at radius 2 is 2.03 bits per heavy atom. The zero-order chi connectivity index (χ0) is 20.2. The first kappa shape index (κ1) is 19.7. The quantitative estimate of drug-likeness (QED) is 0.420. The number of nitrogens with zero attached hydrogens (tertiary/aromatic N) is 2. The number of aryl methyl sites for hydroxylation is 2. The number of para-hydroxylation sites is 2. The number of rotatable bonds is 7. The van der Waals surface area contributed by atoms with Crippen LogP contribution in [0.1, 0.15) is 28.2 Å². The molecule has 29 heavy (non-hydrogen) atoms. The van der Waals surface area contributed by atoms with Gasteiger partial charge in [0, 0.05) is 11.1 Å². The molecule has 0 atom stereocenters. The van der Waals surface area contributed by atoms with Crippen LogP contribution < -0.4 is 5.32 Å². The zero-order valence-electron chi connectivity index (χ0n) is 16.4. The van der Waals surface area contributed by atoms with Gasteiger partial charge in [0.2, 0.25) is 5.91 Å². The fourth-order valence-electron chi connectivity index (χ4n) is 3.03. The van der Waals surface area contributed by atoms with Crippen LogP contribution in [-0.4, -0.2) is 20.9 Å². The SMILES string of the molecule is Cc1ccc(C)c(CSc2nc(CC(=O)NCc3nc4ccccc4[nH]3)cs2)c1. The minimum Gasteiger partial charge on any atom is -0.349 e. The maximum absolute atomic E-state index is 12.3. The Bertz CT molecular complexity index is 1120. The van der Waals surface area contributed by atoms with Gasteiger partial charge in [-0.1, -0.05) is 47.7 Å². The lowest BCUT2D eigenvalue weighted by Crippen LogP contribution is -2.25. The molecule has 1 amide bonds. The van der Waals surface area contributed by atoms with E-state index in [9.17, 15) is 4.79 Å². The predicted octanol–water partition coefficient (Wildman–Crippen LogP) is 4.79. The van der Waals surface area contributed by atoms with E-state index >= 15 is 0 Å². The second-order valence-electron chi connectivity index (χ2n) is 6.98. The monoisotopic (exact) mass is 422 g/mol. The highest BCUT2D eigenvalue weighted by atomic mass is 32.2. The van der Waals surface area contributed by atoms with Crippen LogP contribution in [-0.2, 0) is 23.5 Å². The molecule has 4 rings (SSSR count). The number of nitrogens with one attached hydrogen (secondary N) is 2. The van der Waals surface area contributed by atoms with Gasteiger partial charge in [-0.05, 0) is 37.1 Å². The highest BCUT2D eigenvalue weighted by molar-refractivity contribution is 8.00. The Kier molecular flexibility index (Phi) is 5.97. The molecule has 7 heteroatoms. The van der Waals surface area contributed by atoms with Gasteiger partial charge in [-0.25, -0.2) is 9.97 Å². The smallest absolute Gasteiger partial charge is 0.226 e. The molecule has 2 aromatic carbocycles. The van der Waals surface area contributed by atoms with Crippen molar-refractivity contribution in [1.29, 1.82) is 0 Å². The number of fused-ring (bicyclic) bond motifs is 1. The molecule has 0 aliphatic rings. The van der Waals surface area contributed by atoms with E-state index in [0.717, 1.165) is 32.6 Å². The van der Waals surface area contributed by atoms with E-state index in [4.69, 9.17) is 0 Å². The molecule has 5 nitrogen and oxygen atoms in total. The first-order chi connectivity index (χ1) is 14.1. The summed E-state index contributed by atoms with van der Waals surface area (Å²) >= 11 is 3.31. The Morgan fingerprint density at radius 1 is 1.17 bits per heavy atom. The average Bonchev–Trinajstić information content (AvgIpc) is 3.33. The molecule has 0 unspecified atom stereocenters. The fourth-order valence-corrected chi connectivity index (χ4v) is 4.94. The Hall–Kier alpha value is -2.64. The van der Waals surface area contributed by atoms with Crippen molar-refractivity contribution in [3.05, 3.63) is 76.1 Å². The number of hydrogen-bond donors (Lipinski definition) is 2. The number of thiazole rings is 1. The van der Waals surface area contributed by atoms with Crippen LogP contribution in [0.3, 0.4) is 0 Å². The van der Waals surface area contributed by atoms with Crippen LogP contribution in [0, 0.1) is 13.8 Å². The number of thioether (sulfide) groups is 1. The number of carbonyl (C=O) groups excluding carboxylic acids is 1. The molecule has 0 aliphatic carbocycles. The minimum absolute atomic E-state index is 0.0539. The summed E-state index contributed by atoms with van der Waals surface area (Å²) in [6, 6.07) is 14.3. The molecule has 148 valence electrons. The molecule has 0 saturated carbocycles. The first-order valence-electron chi connectivity index (χ1n) is 9.40. The van der Waals surface area contributed by atoms with Crippen LogP contribution >= 0.6 is 23.1 Å². The number of hydrogen-bond acceptors (Lipinski definition) is 5. The number of amides is 1. The van der Waals surface area contributed by atoms with Gasteiger partial charge in [0.1, 0.15) is 10.2 Å². The number of aromatic amines is 1. The van der Waals surface area contributed by atoms with E-state index < -0.39 is 0 Å². The normalized spacial score (nSPS) is 11.1. The zero-order valence-corrected chi connectivity index (χ0v) is 18.0. The van der Waals surface area contributed by atoms with E-state index in [0.29, 0.717) is 6.54 Å². The maximum Gasteiger partial charge on any atom is 0.226 e. The molecule has 2 N–H and O–H groups in total. The van der Waals surface area contributed by atoms with Crippen molar-refractivity contribution in [3.63, 3.8) is 0 Å². The molecule has 0 radical (unpaired) electrons. The van der Waals surface area contributed by atoms with Crippen molar-refractivity contribution in [2.45, 2.75) is 36.9 Å². The summed E-state index contributed by atoms with van der Waals surface area (Å²) in [6.07, 6.45) is 0.279. The second-order valence-corrected chi connectivity index (χ2v) is 9.06. The number of H-pyrrole nitrogens is 1. The molecule has 4 aromatic rings. The first-order valence-corrected chi connectivity index (χ1v) is 11.3. The van der Waals surface area contributed by atoms with Gasteiger partial charge >= 0.3 is 0 Å². The summed E-state index contributed by atoms with van der Waals surface area (Å²) < 4.78 is 0.992. The average molecular weight is 423 g/mol. The molecule has 0 aliphatic heterocycles. The number of carbonyl (C=O) groups is 1. The van der Waals surface area contributed by atoms with Crippen molar-refractivity contribution in [1.82, 2.24) is 20.3 Å². The van der Waals surface area contributed by atoms with Crippen molar-refractivity contribution in [2.24, 2.45) is 0 Å². The Balaban J connectivity index is 1.29. The third-order valence-electron chi connectivity index (χ3n) is 4.62. The Morgan fingerprint density at radius 3 is 2.90 bits per heavy atom.